The van der Waals surface area contributed by atoms with Gasteiger partial charge in [-0.1, -0.05) is 12.2 Å². The molecule has 2 rings (SSSR count). The zero-order chi connectivity index (χ0) is 14.9. The molecule has 2 aromatic heterocycles. The van der Waals surface area contributed by atoms with Crippen LogP contribution in [-0.2, 0) is 25.4 Å². The molecule has 0 saturated carbocycles. The Kier molecular flexibility index (Phi) is 3.69. The Labute approximate surface area is 114 Å². The molecule has 2 aromatic rings. The lowest BCUT2D eigenvalue weighted by Crippen LogP contribution is -2.39. The lowest BCUT2D eigenvalue weighted by Gasteiger charge is -2.06. The lowest BCUT2D eigenvalue weighted by molar-refractivity contribution is -0.116. The first-order valence-electron chi connectivity index (χ1n) is 6.18. The maximum Gasteiger partial charge on any atom is 0.332 e. The number of hydrogen-bond donors (Lipinski definition) is 0. The second-order valence-corrected chi connectivity index (χ2v) is 4.66. The summed E-state index contributed by atoms with van der Waals surface area (Å²) in [5, 5.41) is 0. The minimum atomic E-state index is -0.423. The van der Waals surface area contributed by atoms with Gasteiger partial charge in [0.05, 0.1) is 6.33 Å². The number of aromatic nitrogens is 4. The highest BCUT2D eigenvalue weighted by Crippen LogP contribution is 2.02. The Morgan fingerprint density at radius 2 is 2.00 bits per heavy atom. The van der Waals surface area contributed by atoms with Crippen LogP contribution < -0.4 is 11.2 Å². The second-order valence-electron chi connectivity index (χ2n) is 4.66. The Bertz CT molecular complexity index is 807. The van der Waals surface area contributed by atoms with Gasteiger partial charge in [-0.3, -0.25) is 18.7 Å². The molecule has 0 radical (unpaired) electrons. The monoisotopic (exact) mass is 276 g/mol. The van der Waals surface area contributed by atoms with Gasteiger partial charge in [-0.05, 0) is 6.92 Å². The number of aryl methyl sites for hydroxylation is 2. The SMILES string of the molecule is CC(=O)CC=CCn1c(=O)c2c(ncn2C)n(C)c1=O. The molecule has 0 amide bonds. The van der Waals surface area contributed by atoms with Gasteiger partial charge < -0.3 is 4.57 Å². The van der Waals surface area contributed by atoms with Gasteiger partial charge in [-0.25, -0.2) is 9.78 Å². The fraction of sp³-hybridized carbons (Fsp3) is 0.385. The molecule has 0 aliphatic heterocycles. The quantitative estimate of drug-likeness (QED) is 0.735. The summed E-state index contributed by atoms with van der Waals surface area (Å²) >= 11 is 0. The van der Waals surface area contributed by atoms with E-state index in [0.29, 0.717) is 17.6 Å². The number of Topliss-reactive ketones (excluding diaryl/α,β-unsaturated/α-hetero) is 1. The number of fused-ring (bicyclic) bond motifs is 1. The van der Waals surface area contributed by atoms with Crippen molar-refractivity contribution in [1.82, 2.24) is 18.7 Å². The third-order valence-electron chi connectivity index (χ3n) is 3.06. The van der Waals surface area contributed by atoms with Crippen LogP contribution in [0.3, 0.4) is 0 Å². The molecular formula is C13H16N4O3. The van der Waals surface area contributed by atoms with Gasteiger partial charge >= 0.3 is 5.69 Å². The summed E-state index contributed by atoms with van der Waals surface area (Å²) in [7, 11) is 3.28. The summed E-state index contributed by atoms with van der Waals surface area (Å²) in [6, 6.07) is 0. The predicted molar refractivity (Wildman–Crippen MR) is 74.7 cm³/mol. The average Bonchev–Trinajstić information content (AvgIpc) is 2.77. The molecule has 0 aliphatic rings. The Balaban J connectivity index is 2.51. The standard InChI is InChI=1S/C13H16N4O3/c1-9(18)6-4-5-7-17-12(19)10-11(14-8-15(10)2)16(3)13(17)20/h4-5,8H,6-7H2,1-3H3. The van der Waals surface area contributed by atoms with E-state index in [2.05, 4.69) is 4.98 Å². The van der Waals surface area contributed by atoms with Crippen LogP contribution in [0, 0.1) is 0 Å². The van der Waals surface area contributed by atoms with Crippen LogP contribution >= 0.6 is 0 Å². The molecule has 0 aliphatic carbocycles. The topological polar surface area (TPSA) is 78.9 Å². The summed E-state index contributed by atoms with van der Waals surface area (Å²) in [5.41, 5.74) is -0.0530. The summed E-state index contributed by atoms with van der Waals surface area (Å²) in [4.78, 5) is 39.3. The zero-order valence-corrected chi connectivity index (χ0v) is 11.7. The zero-order valence-electron chi connectivity index (χ0n) is 11.7. The van der Waals surface area contributed by atoms with E-state index in [9.17, 15) is 14.4 Å². The largest absolute Gasteiger partial charge is 0.332 e. The van der Waals surface area contributed by atoms with Crippen LogP contribution in [-0.4, -0.2) is 24.5 Å². The van der Waals surface area contributed by atoms with Crippen LogP contribution in [0.15, 0.2) is 28.1 Å². The van der Waals surface area contributed by atoms with Crippen molar-refractivity contribution in [2.45, 2.75) is 19.9 Å². The van der Waals surface area contributed by atoms with Crippen molar-refractivity contribution in [1.29, 1.82) is 0 Å². The van der Waals surface area contributed by atoms with Gasteiger partial charge in [0.25, 0.3) is 5.56 Å². The minimum Gasteiger partial charge on any atom is -0.328 e. The second kappa shape index (κ2) is 5.28. The number of ketones is 1. The van der Waals surface area contributed by atoms with Crippen molar-refractivity contribution in [3.8, 4) is 0 Å². The van der Waals surface area contributed by atoms with Crippen LogP contribution in [0.25, 0.3) is 11.2 Å². The summed E-state index contributed by atoms with van der Waals surface area (Å²) in [6.07, 6.45) is 5.10. The molecule has 2 heterocycles. The predicted octanol–water partition coefficient (Wildman–Crippen LogP) is -0.0310. The van der Waals surface area contributed by atoms with Crippen molar-refractivity contribution >= 4 is 16.9 Å². The maximum atomic E-state index is 12.3. The van der Waals surface area contributed by atoms with Gasteiger partial charge in [-0.15, -0.1) is 0 Å². The van der Waals surface area contributed by atoms with E-state index < -0.39 is 5.69 Å². The summed E-state index contributed by atoms with van der Waals surface area (Å²) < 4.78 is 4.06. The number of imidazole rings is 1. The van der Waals surface area contributed by atoms with Gasteiger partial charge in [0.1, 0.15) is 5.78 Å². The van der Waals surface area contributed by atoms with E-state index in [1.165, 1.54) is 17.8 Å². The Morgan fingerprint density at radius 3 is 2.65 bits per heavy atom. The Hall–Kier alpha value is -2.44. The van der Waals surface area contributed by atoms with Crippen molar-refractivity contribution in [2.24, 2.45) is 14.1 Å². The third kappa shape index (κ3) is 2.34. The van der Waals surface area contributed by atoms with Crippen molar-refractivity contribution < 1.29 is 4.79 Å². The molecule has 20 heavy (non-hydrogen) atoms. The first-order valence-corrected chi connectivity index (χ1v) is 6.18. The summed E-state index contributed by atoms with van der Waals surface area (Å²) in [5.74, 6) is 0.0311. The van der Waals surface area contributed by atoms with Crippen molar-refractivity contribution in [3.63, 3.8) is 0 Å². The van der Waals surface area contributed by atoms with Gasteiger partial charge in [0.2, 0.25) is 0 Å². The van der Waals surface area contributed by atoms with Gasteiger partial charge in [0.15, 0.2) is 11.2 Å². The van der Waals surface area contributed by atoms with Crippen LogP contribution in [0.1, 0.15) is 13.3 Å². The number of hydrogen-bond acceptors (Lipinski definition) is 4. The molecule has 0 spiro atoms. The summed E-state index contributed by atoms with van der Waals surface area (Å²) in [6.45, 7) is 1.62. The Morgan fingerprint density at radius 1 is 1.30 bits per heavy atom. The smallest absolute Gasteiger partial charge is 0.328 e. The molecule has 0 unspecified atom stereocenters. The fourth-order valence-electron chi connectivity index (χ4n) is 1.99. The first kappa shape index (κ1) is 14.0. The van der Waals surface area contributed by atoms with E-state index in [0.717, 1.165) is 4.57 Å². The normalized spacial score (nSPS) is 11.6. The molecule has 0 atom stereocenters. The number of carbonyl (C=O) groups excluding carboxylic acids is 1. The molecule has 106 valence electrons. The number of allylic oxidation sites excluding steroid dienone is 2. The molecule has 0 fully saturated rings. The molecule has 7 heteroatoms. The highest BCUT2D eigenvalue weighted by molar-refractivity contribution is 5.76. The van der Waals surface area contributed by atoms with Crippen LogP contribution in [0.4, 0.5) is 0 Å². The van der Waals surface area contributed by atoms with Crippen LogP contribution in [0.5, 0.6) is 0 Å². The highest BCUT2D eigenvalue weighted by Gasteiger charge is 2.13. The van der Waals surface area contributed by atoms with Crippen molar-refractivity contribution in [2.75, 3.05) is 0 Å². The molecule has 0 aromatic carbocycles. The van der Waals surface area contributed by atoms with E-state index in [4.69, 9.17) is 0 Å². The lowest BCUT2D eigenvalue weighted by atomic mass is 10.3. The molecule has 7 nitrogen and oxygen atoms in total. The van der Waals surface area contributed by atoms with E-state index >= 15 is 0 Å². The first-order chi connectivity index (χ1) is 9.43. The third-order valence-corrected chi connectivity index (χ3v) is 3.06. The molecule has 0 bridgehead atoms. The fourth-order valence-corrected chi connectivity index (χ4v) is 1.99. The molecule has 0 N–H and O–H groups in total. The van der Waals surface area contributed by atoms with Crippen molar-refractivity contribution in [3.05, 3.63) is 39.3 Å². The van der Waals surface area contributed by atoms with Gasteiger partial charge in [-0.2, -0.15) is 0 Å². The number of carbonyl (C=O) groups is 1. The minimum absolute atomic E-state index is 0.0311. The van der Waals surface area contributed by atoms with E-state index in [1.807, 2.05) is 0 Å². The van der Waals surface area contributed by atoms with E-state index in [1.54, 1.807) is 30.8 Å². The maximum absolute atomic E-state index is 12.3. The van der Waals surface area contributed by atoms with Gasteiger partial charge in [0, 0.05) is 27.1 Å². The molecule has 0 saturated heterocycles. The van der Waals surface area contributed by atoms with Crippen LogP contribution in [0.2, 0.25) is 0 Å². The van der Waals surface area contributed by atoms with E-state index in [-0.39, 0.29) is 17.9 Å². The highest BCUT2D eigenvalue weighted by atomic mass is 16.2. The average molecular weight is 276 g/mol. The number of nitrogens with zero attached hydrogens (tertiary/aromatic N) is 4. The number of rotatable bonds is 4. The molecular weight excluding hydrogens is 260 g/mol.